The van der Waals surface area contributed by atoms with Crippen molar-refractivity contribution in [3.8, 4) is 0 Å². The minimum atomic E-state index is -1.01. The van der Waals surface area contributed by atoms with Crippen molar-refractivity contribution in [2.45, 2.75) is 51.1 Å². The molecule has 30 heavy (non-hydrogen) atoms. The molecular formula is C21H28ClF2N5O. The lowest BCUT2D eigenvalue weighted by Gasteiger charge is -2.30. The smallest absolute Gasteiger partial charge is 0.251 e. The fourth-order valence-corrected chi connectivity index (χ4v) is 3.44. The zero-order valence-corrected chi connectivity index (χ0v) is 18.2. The SMILES string of the molecule is CCc1nc(N[C@H]2CC[C@@H](NC(=O)c3ccc(F)c(F)c3)CC2)cc(N(C)C)n1.Cl. The van der Waals surface area contributed by atoms with Gasteiger partial charge in [-0.2, -0.15) is 0 Å². The largest absolute Gasteiger partial charge is 0.367 e. The Bertz CT molecular complexity index is 872. The highest BCUT2D eigenvalue weighted by Crippen LogP contribution is 2.23. The molecule has 0 bridgehead atoms. The summed E-state index contributed by atoms with van der Waals surface area (Å²) in [6.45, 7) is 2.03. The van der Waals surface area contributed by atoms with Crippen molar-refractivity contribution in [1.82, 2.24) is 15.3 Å². The van der Waals surface area contributed by atoms with Crippen LogP contribution in [0, 0.1) is 11.6 Å². The van der Waals surface area contributed by atoms with Crippen molar-refractivity contribution in [2.75, 3.05) is 24.3 Å². The molecule has 1 saturated carbocycles. The molecule has 1 fully saturated rings. The molecule has 1 aliphatic rings. The summed E-state index contributed by atoms with van der Waals surface area (Å²) in [7, 11) is 3.90. The summed E-state index contributed by atoms with van der Waals surface area (Å²) in [5, 5.41) is 6.41. The Morgan fingerprint density at radius 3 is 2.33 bits per heavy atom. The molecule has 0 saturated heterocycles. The van der Waals surface area contributed by atoms with Gasteiger partial charge in [-0.05, 0) is 43.9 Å². The number of carbonyl (C=O) groups is 1. The Kier molecular flexibility index (Phi) is 8.34. The van der Waals surface area contributed by atoms with Gasteiger partial charge in [0.05, 0.1) is 0 Å². The molecular weight excluding hydrogens is 412 g/mol. The third kappa shape index (κ3) is 6.01. The summed E-state index contributed by atoms with van der Waals surface area (Å²) in [5.74, 6) is 0.132. The van der Waals surface area contributed by atoms with Crippen molar-refractivity contribution in [3.05, 3.63) is 47.3 Å². The van der Waals surface area contributed by atoms with Crippen LogP contribution in [0.5, 0.6) is 0 Å². The van der Waals surface area contributed by atoms with Gasteiger partial charge < -0.3 is 15.5 Å². The Morgan fingerprint density at radius 2 is 1.73 bits per heavy atom. The van der Waals surface area contributed by atoms with Gasteiger partial charge in [-0.3, -0.25) is 4.79 Å². The third-order valence-corrected chi connectivity index (χ3v) is 5.13. The van der Waals surface area contributed by atoms with E-state index in [1.807, 2.05) is 32.0 Å². The highest BCUT2D eigenvalue weighted by Gasteiger charge is 2.23. The first-order chi connectivity index (χ1) is 13.9. The number of hydrogen-bond donors (Lipinski definition) is 2. The topological polar surface area (TPSA) is 70.2 Å². The second kappa shape index (κ2) is 10.5. The molecule has 2 aromatic rings. The number of halogens is 3. The van der Waals surface area contributed by atoms with Crippen molar-refractivity contribution in [2.24, 2.45) is 0 Å². The van der Waals surface area contributed by atoms with Gasteiger partial charge in [0.25, 0.3) is 5.91 Å². The molecule has 1 aromatic heterocycles. The number of aromatic nitrogens is 2. The highest BCUT2D eigenvalue weighted by atomic mass is 35.5. The maximum absolute atomic E-state index is 13.3. The highest BCUT2D eigenvalue weighted by molar-refractivity contribution is 5.94. The van der Waals surface area contributed by atoms with E-state index < -0.39 is 11.6 Å². The molecule has 1 amide bonds. The van der Waals surface area contributed by atoms with E-state index in [0.717, 1.165) is 61.7 Å². The fourth-order valence-electron chi connectivity index (χ4n) is 3.44. The first-order valence-corrected chi connectivity index (χ1v) is 9.93. The van der Waals surface area contributed by atoms with Crippen molar-refractivity contribution >= 4 is 29.9 Å². The molecule has 0 aliphatic heterocycles. The van der Waals surface area contributed by atoms with E-state index in [1.54, 1.807) is 0 Å². The number of carbonyl (C=O) groups excluding carboxylic acids is 1. The van der Waals surface area contributed by atoms with Crippen LogP contribution in [0.1, 0.15) is 48.8 Å². The van der Waals surface area contributed by atoms with Crippen LogP contribution in [-0.4, -0.2) is 42.1 Å². The van der Waals surface area contributed by atoms with Crippen LogP contribution in [0.4, 0.5) is 20.4 Å². The van der Waals surface area contributed by atoms with E-state index >= 15 is 0 Å². The average molecular weight is 440 g/mol. The monoisotopic (exact) mass is 439 g/mol. The number of hydrogen-bond acceptors (Lipinski definition) is 5. The molecule has 164 valence electrons. The molecule has 0 unspecified atom stereocenters. The lowest BCUT2D eigenvalue weighted by Crippen LogP contribution is -2.40. The molecule has 9 heteroatoms. The minimum absolute atomic E-state index is 0. The normalized spacial score (nSPS) is 18.3. The van der Waals surface area contributed by atoms with Crippen LogP contribution >= 0.6 is 12.4 Å². The quantitative estimate of drug-likeness (QED) is 0.713. The number of amides is 1. The van der Waals surface area contributed by atoms with E-state index in [4.69, 9.17) is 0 Å². The predicted molar refractivity (Wildman–Crippen MR) is 116 cm³/mol. The standard InChI is InChI=1S/C21H27F2N5O.ClH/c1-4-18-26-19(12-20(27-18)28(2)3)24-14-6-8-15(9-7-14)25-21(29)13-5-10-16(22)17(23)11-13;/h5,10-12,14-15H,4,6-9H2,1-3H3,(H,25,29)(H,24,26,27);1H/t14-,15+;. The van der Waals surface area contributed by atoms with Crippen LogP contribution < -0.4 is 15.5 Å². The molecule has 1 aliphatic carbocycles. The lowest BCUT2D eigenvalue weighted by molar-refractivity contribution is 0.0926. The zero-order chi connectivity index (χ0) is 21.0. The number of rotatable bonds is 6. The molecule has 3 rings (SSSR count). The van der Waals surface area contributed by atoms with Crippen LogP contribution in [-0.2, 0) is 6.42 Å². The van der Waals surface area contributed by atoms with Gasteiger partial charge in [-0.1, -0.05) is 6.92 Å². The van der Waals surface area contributed by atoms with Crippen molar-refractivity contribution in [1.29, 1.82) is 0 Å². The second-order valence-corrected chi connectivity index (χ2v) is 7.57. The zero-order valence-electron chi connectivity index (χ0n) is 17.4. The summed E-state index contributed by atoms with van der Waals surface area (Å²) in [4.78, 5) is 23.3. The van der Waals surface area contributed by atoms with Gasteiger partial charge in [-0.15, -0.1) is 12.4 Å². The van der Waals surface area contributed by atoms with E-state index in [-0.39, 0.29) is 36.0 Å². The maximum Gasteiger partial charge on any atom is 0.251 e. The summed E-state index contributed by atoms with van der Waals surface area (Å²) >= 11 is 0. The Balaban J connectivity index is 0.00000320. The number of benzene rings is 1. The molecule has 6 nitrogen and oxygen atoms in total. The summed E-state index contributed by atoms with van der Waals surface area (Å²) < 4.78 is 26.4. The predicted octanol–water partition coefficient (Wildman–Crippen LogP) is 3.96. The third-order valence-electron chi connectivity index (χ3n) is 5.13. The van der Waals surface area contributed by atoms with Crippen LogP contribution in [0.2, 0.25) is 0 Å². The lowest BCUT2D eigenvalue weighted by atomic mass is 9.91. The van der Waals surface area contributed by atoms with E-state index in [9.17, 15) is 13.6 Å². The van der Waals surface area contributed by atoms with E-state index in [1.165, 1.54) is 6.07 Å². The van der Waals surface area contributed by atoms with Gasteiger partial charge in [-0.25, -0.2) is 18.7 Å². The number of nitrogens with zero attached hydrogens (tertiary/aromatic N) is 3. The molecule has 2 N–H and O–H groups in total. The molecule has 0 atom stereocenters. The Labute approximate surface area is 181 Å². The van der Waals surface area contributed by atoms with Gasteiger partial charge in [0.2, 0.25) is 0 Å². The van der Waals surface area contributed by atoms with Crippen molar-refractivity contribution in [3.63, 3.8) is 0 Å². The van der Waals surface area contributed by atoms with Gasteiger partial charge in [0, 0.05) is 44.2 Å². The number of nitrogens with one attached hydrogen (secondary N) is 2. The van der Waals surface area contributed by atoms with Gasteiger partial charge in [0.1, 0.15) is 17.5 Å². The summed E-state index contributed by atoms with van der Waals surface area (Å²) in [5.41, 5.74) is 0.133. The fraction of sp³-hybridized carbons (Fsp3) is 0.476. The summed E-state index contributed by atoms with van der Waals surface area (Å²) in [6, 6.07) is 5.42. The average Bonchev–Trinajstić information content (AvgIpc) is 2.71. The summed E-state index contributed by atoms with van der Waals surface area (Å²) in [6.07, 6.45) is 4.13. The Morgan fingerprint density at radius 1 is 1.07 bits per heavy atom. The Hall–Kier alpha value is -2.48. The van der Waals surface area contributed by atoms with Crippen LogP contribution in [0.25, 0.3) is 0 Å². The second-order valence-electron chi connectivity index (χ2n) is 7.57. The van der Waals surface area contributed by atoms with Gasteiger partial charge in [0.15, 0.2) is 11.6 Å². The molecule has 0 spiro atoms. The molecule has 0 radical (unpaired) electrons. The van der Waals surface area contributed by atoms with E-state index in [0.29, 0.717) is 0 Å². The van der Waals surface area contributed by atoms with E-state index in [2.05, 4.69) is 20.6 Å². The number of anilines is 2. The maximum atomic E-state index is 13.3. The molecule has 1 aromatic carbocycles. The first-order valence-electron chi connectivity index (χ1n) is 9.93. The minimum Gasteiger partial charge on any atom is -0.367 e. The molecule has 1 heterocycles. The van der Waals surface area contributed by atoms with Crippen LogP contribution in [0.15, 0.2) is 24.3 Å². The number of aryl methyl sites for hydroxylation is 1. The van der Waals surface area contributed by atoms with Crippen LogP contribution in [0.3, 0.4) is 0 Å². The van der Waals surface area contributed by atoms with Gasteiger partial charge >= 0.3 is 0 Å². The first kappa shape index (κ1) is 23.8. The van der Waals surface area contributed by atoms with Crippen molar-refractivity contribution < 1.29 is 13.6 Å².